The SMILES string of the molecule is C[C@H](NCC(=O)NCc1ccco1)[C@@H]1COc2ccccc21. The van der Waals surface area contributed by atoms with Gasteiger partial charge in [-0.3, -0.25) is 4.79 Å². The first kappa shape index (κ1) is 14.7. The van der Waals surface area contributed by atoms with E-state index < -0.39 is 0 Å². The lowest BCUT2D eigenvalue weighted by Crippen LogP contribution is -2.40. The zero-order valence-electron chi connectivity index (χ0n) is 12.5. The number of hydrogen-bond donors (Lipinski definition) is 2. The summed E-state index contributed by atoms with van der Waals surface area (Å²) in [5.74, 6) is 1.92. The average molecular weight is 300 g/mol. The number of hydrogen-bond acceptors (Lipinski definition) is 4. The molecular formula is C17H20N2O3. The molecule has 1 amide bonds. The lowest BCUT2D eigenvalue weighted by Gasteiger charge is -2.19. The first-order valence-electron chi connectivity index (χ1n) is 7.48. The molecule has 0 spiro atoms. The maximum Gasteiger partial charge on any atom is 0.234 e. The zero-order valence-corrected chi connectivity index (χ0v) is 12.5. The molecule has 5 nitrogen and oxygen atoms in total. The van der Waals surface area contributed by atoms with Crippen molar-refractivity contribution in [2.45, 2.75) is 25.4 Å². The van der Waals surface area contributed by atoms with Gasteiger partial charge >= 0.3 is 0 Å². The molecule has 22 heavy (non-hydrogen) atoms. The van der Waals surface area contributed by atoms with E-state index in [-0.39, 0.29) is 24.4 Å². The number of carbonyl (C=O) groups is 1. The monoisotopic (exact) mass is 300 g/mol. The van der Waals surface area contributed by atoms with E-state index >= 15 is 0 Å². The van der Waals surface area contributed by atoms with Crippen LogP contribution in [0.15, 0.2) is 47.1 Å². The zero-order chi connectivity index (χ0) is 15.4. The van der Waals surface area contributed by atoms with Crippen molar-refractivity contribution in [2.24, 2.45) is 0 Å². The molecule has 5 heteroatoms. The maximum atomic E-state index is 11.9. The Morgan fingerprint density at radius 1 is 1.32 bits per heavy atom. The summed E-state index contributed by atoms with van der Waals surface area (Å²) in [6.07, 6.45) is 1.60. The predicted octanol–water partition coefficient (Wildman–Crippen LogP) is 2.05. The van der Waals surface area contributed by atoms with Gasteiger partial charge in [0.1, 0.15) is 11.5 Å². The molecule has 2 atom stereocenters. The number of rotatable bonds is 6. The highest BCUT2D eigenvalue weighted by Crippen LogP contribution is 2.35. The largest absolute Gasteiger partial charge is 0.493 e. The third kappa shape index (κ3) is 3.31. The van der Waals surface area contributed by atoms with Crippen LogP contribution in [0.1, 0.15) is 24.2 Å². The Morgan fingerprint density at radius 2 is 2.18 bits per heavy atom. The quantitative estimate of drug-likeness (QED) is 0.857. The summed E-state index contributed by atoms with van der Waals surface area (Å²) < 4.78 is 10.9. The fourth-order valence-electron chi connectivity index (χ4n) is 2.66. The molecule has 0 radical (unpaired) electrons. The first-order chi connectivity index (χ1) is 10.7. The van der Waals surface area contributed by atoms with Crippen LogP contribution >= 0.6 is 0 Å². The van der Waals surface area contributed by atoms with Gasteiger partial charge in [0.2, 0.25) is 5.91 Å². The van der Waals surface area contributed by atoms with E-state index in [0.29, 0.717) is 13.2 Å². The standard InChI is InChI=1S/C17H20N2O3/c1-12(15-11-22-16-7-3-2-6-14(15)16)18-10-17(20)19-9-13-5-4-8-21-13/h2-8,12,15,18H,9-11H2,1H3,(H,19,20)/t12-,15-/m0/s1. The molecule has 0 saturated heterocycles. The number of carbonyl (C=O) groups excluding carboxylic acids is 1. The van der Waals surface area contributed by atoms with Gasteiger partial charge in [-0.25, -0.2) is 0 Å². The summed E-state index contributed by atoms with van der Waals surface area (Å²) in [6.45, 7) is 3.43. The topological polar surface area (TPSA) is 63.5 Å². The first-order valence-corrected chi connectivity index (χ1v) is 7.48. The fraction of sp³-hybridized carbons (Fsp3) is 0.353. The van der Waals surface area contributed by atoms with Crippen molar-refractivity contribution in [3.63, 3.8) is 0 Å². The average Bonchev–Trinajstić information content (AvgIpc) is 3.19. The van der Waals surface area contributed by atoms with E-state index in [9.17, 15) is 4.79 Å². The van der Waals surface area contributed by atoms with E-state index in [2.05, 4.69) is 23.6 Å². The Labute approximate surface area is 129 Å². The number of fused-ring (bicyclic) bond motifs is 1. The highest BCUT2D eigenvalue weighted by atomic mass is 16.5. The molecule has 0 aliphatic carbocycles. The van der Waals surface area contributed by atoms with Crippen LogP contribution in [0.3, 0.4) is 0 Å². The predicted molar refractivity (Wildman–Crippen MR) is 82.7 cm³/mol. The summed E-state index contributed by atoms with van der Waals surface area (Å²) in [7, 11) is 0. The van der Waals surface area contributed by atoms with Crippen LogP contribution in [0, 0.1) is 0 Å². The molecule has 0 saturated carbocycles. The maximum absolute atomic E-state index is 11.9. The van der Waals surface area contributed by atoms with Gasteiger partial charge < -0.3 is 19.8 Å². The molecule has 0 bridgehead atoms. The highest BCUT2D eigenvalue weighted by molar-refractivity contribution is 5.77. The Kier molecular flexibility index (Phi) is 4.44. The summed E-state index contributed by atoms with van der Waals surface area (Å²) >= 11 is 0. The third-order valence-corrected chi connectivity index (χ3v) is 3.96. The van der Waals surface area contributed by atoms with Crippen LogP contribution in [0.2, 0.25) is 0 Å². The van der Waals surface area contributed by atoms with E-state index in [1.165, 1.54) is 5.56 Å². The minimum Gasteiger partial charge on any atom is -0.493 e. The number of amides is 1. The fourth-order valence-corrected chi connectivity index (χ4v) is 2.66. The van der Waals surface area contributed by atoms with Crippen molar-refractivity contribution in [1.29, 1.82) is 0 Å². The van der Waals surface area contributed by atoms with Gasteiger partial charge in [-0.05, 0) is 25.1 Å². The van der Waals surface area contributed by atoms with E-state index in [1.807, 2.05) is 24.3 Å². The van der Waals surface area contributed by atoms with Gasteiger partial charge in [0, 0.05) is 17.5 Å². The molecule has 0 fully saturated rings. The third-order valence-electron chi connectivity index (χ3n) is 3.96. The second-order valence-electron chi connectivity index (χ2n) is 5.48. The minimum atomic E-state index is -0.0459. The molecule has 2 heterocycles. The summed E-state index contributed by atoms with van der Waals surface area (Å²) in [4.78, 5) is 11.9. The van der Waals surface area contributed by atoms with Crippen LogP contribution < -0.4 is 15.4 Å². The molecule has 2 N–H and O–H groups in total. The molecular weight excluding hydrogens is 280 g/mol. The van der Waals surface area contributed by atoms with Crippen LogP contribution in [-0.2, 0) is 11.3 Å². The van der Waals surface area contributed by atoms with Crippen molar-refractivity contribution in [3.05, 3.63) is 54.0 Å². The Bertz CT molecular complexity index is 625. The van der Waals surface area contributed by atoms with Crippen LogP contribution in [0.25, 0.3) is 0 Å². The van der Waals surface area contributed by atoms with Crippen molar-refractivity contribution in [2.75, 3.05) is 13.2 Å². The summed E-state index contributed by atoms with van der Waals surface area (Å²) in [5, 5.41) is 6.10. The van der Waals surface area contributed by atoms with Crippen LogP contribution in [-0.4, -0.2) is 25.1 Å². The smallest absolute Gasteiger partial charge is 0.234 e. The molecule has 1 aromatic carbocycles. The highest BCUT2D eigenvalue weighted by Gasteiger charge is 2.28. The second-order valence-corrected chi connectivity index (χ2v) is 5.48. The summed E-state index contributed by atoms with van der Waals surface area (Å²) in [6, 6.07) is 11.9. The van der Waals surface area contributed by atoms with Crippen LogP contribution in [0.4, 0.5) is 0 Å². The van der Waals surface area contributed by atoms with E-state index in [0.717, 1.165) is 11.5 Å². The Hall–Kier alpha value is -2.27. The van der Waals surface area contributed by atoms with Crippen LogP contribution in [0.5, 0.6) is 5.75 Å². The molecule has 1 aromatic heterocycles. The molecule has 3 rings (SSSR count). The number of benzene rings is 1. The van der Waals surface area contributed by atoms with Crippen molar-refractivity contribution in [1.82, 2.24) is 10.6 Å². The lowest BCUT2D eigenvalue weighted by atomic mass is 9.94. The van der Waals surface area contributed by atoms with Gasteiger partial charge in [-0.1, -0.05) is 18.2 Å². The van der Waals surface area contributed by atoms with Gasteiger partial charge in [0.05, 0.1) is 26.0 Å². The number of para-hydroxylation sites is 1. The number of ether oxygens (including phenoxy) is 1. The molecule has 1 aliphatic heterocycles. The van der Waals surface area contributed by atoms with Crippen molar-refractivity contribution in [3.8, 4) is 5.75 Å². The molecule has 2 aromatic rings. The van der Waals surface area contributed by atoms with E-state index in [1.54, 1.807) is 12.3 Å². The minimum absolute atomic E-state index is 0.0459. The van der Waals surface area contributed by atoms with Crippen molar-refractivity contribution < 1.29 is 13.9 Å². The molecule has 1 aliphatic rings. The second kappa shape index (κ2) is 6.66. The van der Waals surface area contributed by atoms with Gasteiger partial charge in [-0.2, -0.15) is 0 Å². The summed E-state index contributed by atoms with van der Waals surface area (Å²) in [5.41, 5.74) is 1.21. The normalized spacial score (nSPS) is 17.6. The van der Waals surface area contributed by atoms with Gasteiger partial charge in [0.25, 0.3) is 0 Å². The lowest BCUT2D eigenvalue weighted by molar-refractivity contribution is -0.120. The van der Waals surface area contributed by atoms with Gasteiger partial charge in [-0.15, -0.1) is 0 Å². The Balaban J connectivity index is 1.46. The van der Waals surface area contributed by atoms with Crippen molar-refractivity contribution >= 4 is 5.91 Å². The van der Waals surface area contributed by atoms with E-state index in [4.69, 9.17) is 9.15 Å². The molecule has 0 unspecified atom stereocenters. The molecule has 116 valence electrons. The number of nitrogens with one attached hydrogen (secondary N) is 2. The Morgan fingerprint density at radius 3 is 3.00 bits per heavy atom. The number of furan rings is 1. The van der Waals surface area contributed by atoms with Gasteiger partial charge in [0.15, 0.2) is 0 Å².